The molecular formula is C19H15N3O5. The summed E-state index contributed by atoms with van der Waals surface area (Å²) >= 11 is 0. The van der Waals surface area contributed by atoms with Gasteiger partial charge in [0, 0.05) is 31.9 Å². The summed E-state index contributed by atoms with van der Waals surface area (Å²) in [5.74, 6) is -2.36. The van der Waals surface area contributed by atoms with Crippen LogP contribution in [0.4, 0.5) is 5.69 Å². The minimum atomic E-state index is -1.27. The van der Waals surface area contributed by atoms with Crippen LogP contribution >= 0.6 is 0 Å². The number of hydrogen-bond donors (Lipinski definition) is 1. The number of cyclic esters (lactones) is 2. The number of aromatic nitrogens is 2. The molecule has 1 aromatic carbocycles. The van der Waals surface area contributed by atoms with Crippen LogP contribution in [0.25, 0.3) is 22.7 Å². The lowest BCUT2D eigenvalue weighted by atomic mass is 10.2. The molecule has 0 aliphatic carbocycles. The van der Waals surface area contributed by atoms with Crippen molar-refractivity contribution in [3.63, 3.8) is 0 Å². The topological polar surface area (TPSA) is 104 Å². The number of carbonyl (C=O) groups excluding carboxylic acids is 2. The number of fused-ring (bicyclic) bond motifs is 1. The molecule has 8 heteroatoms. The highest BCUT2D eigenvalue weighted by Gasteiger charge is 2.38. The Hall–Kier alpha value is -3.68. The van der Waals surface area contributed by atoms with Gasteiger partial charge in [-0.3, -0.25) is 4.98 Å². The summed E-state index contributed by atoms with van der Waals surface area (Å²) in [6.45, 7) is 2.98. The van der Waals surface area contributed by atoms with Gasteiger partial charge in [0.25, 0.3) is 5.79 Å². The number of benzene rings is 1. The Labute approximate surface area is 153 Å². The van der Waals surface area contributed by atoms with Crippen molar-refractivity contribution in [2.75, 3.05) is 5.32 Å². The van der Waals surface area contributed by atoms with Crippen LogP contribution in [-0.2, 0) is 19.1 Å². The van der Waals surface area contributed by atoms with Gasteiger partial charge in [-0.1, -0.05) is 6.07 Å². The van der Waals surface area contributed by atoms with E-state index in [4.69, 9.17) is 13.9 Å². The van der Waals surface area contributed by atoms with Gasteiger partial charge in [0.15, 0.2) is 11.2 Å². The van der Waals surface area contributed by atoms with Crippen LogP contribution in [0.15, 0.2) is 58.8 Å². The summed E-state index contributed by atoms with van der Waals surface area (Å²) in [6, 6.07) is 10.7. The fraction of sp³-hybridized carbons (Fsp3) is 0.158. The third-order valence-electron chi connectivity index (χ3n) is 3.77. The van der Waals surface area contributed by atoms with Gasteiger partial charge >= 0.3 is 11.9 Å². The summed E-state index contributed by atoms with van der Waals surface area (Å²) in [5.41, 5.74) is 2.21. The molecule has 0 bridgehead atoms. The minimum Gasteiger partial charge on any atom is -0.435 e. The molecule has 1 fully saturated rings. The Kier molecular flexibility index (Phi) is 3.88. The maximum Gasteiger partial charge on any atom is 0.350 e. The molecule has 4 rings (SSSR count). The van der Waals surface area contributed by atoms with Crippen molar-refractivity contribution in [3.05, 3.63) is 54.4 Å². The molecule has 1 aliphatic rings. The molecule has 1 N–H and O–H groups in total. The highest BCUT2D eigenvalue weighted by atomic mass is 16.7. The lowest BCUT2D eigenvalue weighted by Gasteiger charge is -2.29. The number of pyridine rings is 1. The number of nitrogens with one attached hydrogen (secondary N) is 1. The van der Waals surface area contributed by atoms with E-state index in [0.717, 1.165) is 0 Å². The van der Waals surface area contributed by atoms with Crippen LogP contribution in [0.5, 0.6) is 0 Å². The van der Waals surface area contributed by atoms with Crippen molar-refractivity contribution in [1.29, 1.82) is 0 Å². The van der Waals surface area contributed by atoms with Crippen LogP contribution in [-0.4, -0.2) is 27.7 Å². The number of esters is 2. The molecular weight excluding hydrogens is 350 g/mol. The average Bonchev–Trinajstić information content (AvgIpc) is 3.04. The molecule has 8 nitrogen and oxygen atoms in total. The molecule has 0 saturated carbocycles. The predicted octanol–water partition coefficient (Wildman–Crippen LogP) is 3.02. The Bertz CT molecular complexity index is 1050. The van der Waals surface area contributed by atoms with Crippen molar-refractivity contribution in [3.8, 4) is 11.6 Å². The number of nitrogens with zero attached hydrogens (tertiary/aromatic N) is 2. The van der Waals surface area contributed by atoms with Crippen molar-refractivity contribution >= 4 is 28.7 Å². The molecule has 27 heavy (non-hydrogen) atoms. The Morgan fingerprint density at radius 3 is 2.56 bits per heavy atom. The highest BCUT2D eigenvalue weighted by molar-refractivity contribution is 6.15. The van der Waals surface area contributed by atoms with E-state index in [-0.39, 0.29) is 5.57 Å². The first-order chi connectivity index (χ1) is 12.9. The number of rotatable bonds is 3. The van der Waals surface area contributed by atoms with Gasteiger partial charge in [-0.2, -0.15) is 0 Å². The molecule has 2 aromatic heterocycles. The van der Waals surface area contributed by atoms with E-state index in [1.807, 2.05) is 12.1 Å². The number of carbonyl (C=O) groups is 2. The van der Waals surface area contributed by atoms with E-state index in [2.05, 4.69) is 15.3 Å². The second kappa shape index (κ2) is 6.24. The Morgan fingerprint density at radius 1 is 1.07 bits per heavy atom. The van der Waals surface area contributed by atoms with Crippen LogP contribution < -0.4 is 5.32 Å². The largest absolute Gasteiger partial charge is 0.435 e. The predicted molar refractivity (Wildman–Crippen MR) is 95.2 cm³/mol. The minimum absolute atomic E-state index is 0.219. The first kappa shape index (κ1) is 16.8. The van der Waals surface area contributed by atoms with Gasteiger partial charge in [0.2, 0.25) is 5.89 Å². The normalized spacial score (nSPS) is 16.0. The zero-order valence-electron chi connectivity index (χ0n) is 14.6. The van der Waals surface area contributed by atoms with E-state index >= 15 is 0 Å². The Morgan fingerprint density at radius 2 is 1.85 bits per heavy atom. The maximum absolute atomic E-state index is 11.9. The fourth-order valence-corrected chi connectivity index (χ4v) is 2.55. The lowest BCUT2D eigenvalue weighted by molar-refractivity contribution is -0.222. The number of oxazole rings is 1. The molecule has 0 atom stereocenters. The Balaban J connectivity index is 1.58. The van der Waals surface area contributed by atoms with E-state index in [1.54, 1.807) is 30.5 Å². The van der Waals surface area contributed by atoms with E-state index < -0.39 is 17.7 Å². The first-order valence-electron chi connectivity index (χ1n) is 8.17. The highest BCUT2D eigenvalue weighted by Crippen LogP contribution is 2.26. The van der Waals surface area contributed by atoms with Gasteiger partial charge in [0.1, 0.15) is 11.2 Å². The van der Waals surface area contributed by atoms with Gasteiger partial charge in [-0.05, 0) is 30.3 Å². The van der Waals surface area contributed by atoms with Crippen LogP contribution in [0.2, 0.25) is 0 Å². The number of ether oxygens (including phenoxy) is 2. The van der Waals surface area contributed by atoms with E-state index in [9.17, 15) is 9.59 Å². The van der Waals surface area contributed by atoms with Crippen molar-refractivity contribution in [2.45, 2.75) is 19.6 Å². The molecule has 1 aliphatic heterocycles. The number of hydrogen-bond acceptors (Lipinski definition) is 8. The molecule has 0 unspecified atom stereocenters. The molecule has 0 radical (unpaired) electrons. The molecule has 3 aromatic rings. The van der Waals surface area contributed by atoms with Gasteiger partial charge in [-0.25, -0.2) is 14.6 Å². The summed E-state index contributed by atoms with van der Waals surface area (Å²) < 4.78 is 15.8. The average molecular weight is 365 g/mol. The second-order valence-electron chi connectivity index (χ2n) is 6.30. The van der Waals surface area contributed by atoms with Crippen LogP contribution in [0.3, 0.4) is 0 Å². The SMILES string of the molecule is CC1(C)OC(=O)C(=CNc2ccc3oc(-c4ccccn4)nc3c2)C(=O)O1. The third kappa shape index (κ3) is 3.37. The van der Waals surface area contributed by atoms with E-state index in [0.29, 0.717) is 28.4 Å². The molecule has 1 saturated heterocycles. The standard InChI is InChI=1S/C19H15N3O5/c1-19(2)26-17(23)12(18(24)27-19)10-21-11-6-7-15-14(9-11)22-16(25-15)13-5-3-4-8-20-13/h3-10,21H,1-2H3. The van der Waals surface area contributed by atoms with Gasteiger partial charge in [-0.15, -0.1) is 0 Å². The zero-order chi connectivity index (χ0) is 19.0. The van der Waals surface area contributed by atoms with Crippen molar-refractivity contribution < 1.29 is 23.5 Å². The zero-order valence-corrected chi connectivity index (χ0v) is 14.6. The van der Waals surface area contributed by atoms with Gasteiger partial charge < -0.3 is 19.2 Å². The first-order valence-corrected chi connectivity index (χ1v) is 8.17. The fourth-order valence-electron chi connectivity index (χ4n) is 2.55. The van der Waals surface area contributed by atoms with Crippen LogP contribution in [0.1, 0.15) is 13.8 Å². The second-order valence-corrected chi connectivity index (χ2v) is 6.30. The number of anilines is 1. The van der Waals surface area contributed by atoms with Gasteiger partial charge in [0.05, 0.1) is 0 Å². The molecule has 0 amide bonds. The molecule has 3 heterocycles. The quantitative estimate of drug-likeness (QED) is 0.429. The summed E-state index contributed by atoms with van der Waals surface area (Å²) in [6.07, 6.45) is 2.91. The summed E-state index contributed by atoms with van der Waals surface area (Å²) in [5, 5.41) is 2.88. The summed E-state index contributed by atoms with van der Waals surface area (Å²) in [4.78, 5) is 32.5. The monoisotopic (exact) mass is 365 g/mol. The van der Waals surface area contributed by atoms with Crippen molar-refractivity contribution in [2.24, 2.45) is 0 Å². The maximum atomic E-state index is 11.9. The van der Waals surface area contributed by atoms with E-state index in [1.165, 1.54) is 20.0 Å². The molecule has 136 valence electrons. The molecule has 0 spiro atoms. The van der Waals surface area contributed by atoms with Crippen LogP contribution in [0, 0.1) is 0 Å². The summed E-state index contributed by atoms with van der Waals surface area (Å²) in [7, 11) is 0. The lowest BCUT2D eigenvalue weighted by Crippen LogP contribution is -2.42. The van der Waals surface area contributed by atoms with Crippen molar-refractivity contribution in [1.82, 2.24) is 9.97 Å². The smallest absolute Gasteiger partial charge is 0.350 e. The third-order valence-corrected chi connectivity index (χ3v) is 3.77.